The summed E-state index contributed by atoms with van der Waals surface area (Å²) in [7, 11) is 0. The maximum Gasteiger partial charge on any atom is 0.0390 e. The second-order valence-corrected chi connectivity index (χ2v) is 5.04. The lowest BCUT2D eigenvalue weighted by molar-refractivity contribution is 0.647. The molecule has 2 N–H and O–H groups in total. The van der Waals surface area contributed by atoms with E-state index in [1.807, 2.05) is 18.2 Å². The normalized spacial score (nSPS) is 12.5. The minimum absolute atomic E-state index is 0.637. The fourth-order valence-electron chi connectivity index (χ4n) is 1.95. The highest BCUT2D eigenvalue weighted by atomic mass is 14.6. The Balaban J connectivity index is 3.05. The molecular formula is C16H23N. The first-order valence-electron chi connectivity index (χ1n) is 6.14. The monoisotopic (exact) mass is 229 g/mol. The topological polar surface area (TPSA) is 26.0 Å². The van der Waals surface area contributed by atoms with E-state index in [0.717, 1.165) is 17.7 Å². The summed E-state index contributed by atoms with van der Waals surface area (Å²) in [6.45, 7) is 12.8. The predicted molar refractivity (Wildman–Crippen MR) is 77.7 cm³/mol. The zero-order valence-corrected chi connectivity index (χ0v) is 11.4. The van der Waals surface area contributed by atoms with Crippen LogP contribution >= 0.6 is 0 Å². The van der Waals surface area contributed by atoms with Crippen LogP contribution in [0.5, 0.6) is 0 Å². The highest BCUT2D eigenvalue weighted by molar-refractivity contribution is 5.77. The van der Waals surface area contributed by atoms with Crippen LogP contribution in [0.3, 0.4) is 0 Å². The van der Waals surface area contributed by atoms with Gasteiger partial charge in [0.05, 0.1) is 0 Å². The molecule has 0 bridgehead atoms. The average Bonchev–Trinajstić information content (AvgIpc) is 2.27. The molecule has 0 atom stereocenters. The summed E-state index contributed by atoms with van der Waals surface area (Å²) in [6, 6.07) is 7.99. The molecule has 0 saturated heterocycles. The first kappa shape index (κ1) is 13.6. The highest BCUT2D eigenvalue weighted by Gasteiger charge is 2.07. The standard InChI is InChI=1S/C16H23N/c1-11(2)10-12(3)13(4)14(5)15-8-6-7-9-16(15)17/h6-9,11H,3,10,17H2,1-2,4-5H3/b14-13-. The molecule has 0 heterocycles. The molecule has 17 heavy (non-hydrogen) atoms. The van der Waals surface area contributed by atoms with Crippen molar-refractivity contribution in [2.45, 2.75) is 34.1 Å². The molecular weight excluding hydrogens is 206 g/mol. The van der Waals surface area contributed by atoms with Gasteiger partial charge in [-0.05, 0) is 43.4 Å². The van der Waals surface area contributed by atoms with Gasteiger partial charge in [0.1, 0.15) is 0 Å². The van der Waals surface area contributed by atoms with Gasteiger partial charge in [0.25, 0.3) is 0 Å². The van der Waals surface area contributed by atoms with Gasteiger partial charge in [0.2, 0.25) is 0 Å². The maximum atomic E-state index is 6.00. The van der Waals surface area contributed by atoms with Crippen molar-refractivity contribution in [1.82, 2.24) is 0 Å². The molecule has 1 aromatic carbocycles. The van der Waals surface area contributed by atoms with Gasteiger partial charge in [0.15, 0.2) is 0 Å². The Hall–Kier alpha value is -1.50. The summed E-state index contributed by atoms with van der Waals surface area (Å²) in [5.74, 6) is 0.637. The van der Waals surface area contributed by atoms with Gasteiger partial charge in [-0.15, -0.1) is 0 Å². The number of benzene rings is 1. The van der Waals surface area contributed by atoms with E-state index in [9.17, 15) is 0 Å². The van der Waals surface area contributed by atoms with Gasteiger partial charge in [-0.3, -0.25) is 0 Å². The molecule has 1 heteroatoms. The number of allylic oxidation sites excluding steroid dienone is 3. The summed E-state index contributed by atoms with van der Waals surface area (Å²) >= 11 is 0. The van der Waals surface area contributed by atoms with Crippen molar-refractivity contribution in [2.75, 3.05) is 5.73 Å². The largest absolute Gasteiger partial charge is 0.398 e. The van der Waals surface area contributed by atoms with Gasteiger partial charge >= 0.3 is 0 Å². The smallest absolute Gasteiger partial charge is 0.0390 e. The van der Waals surface area contributed by atoms with Crippen LogP contribution < -0.4 is 5.73 Å². The summed E-state index contributed by atoms with van der Waals surface area (Å²) in [5.41, 5.74) is 11.7. The molecule has 0 aromatic heterocycles. The molecule has 0 spiro atoms. The van der Waals surface area contributed by atoms with Gasteiger partial charge in [-0.2, -0.15) is 0 Å². The Morgan fingerprint density at radius 3 is 2.35 bits per heavy atom. The third kappa shape index (κ3) is 3.48. The van der Waals surface area contributed by atoms with Crippen LogP contribution in [0.2, 0.25) is 0 Å². The first-order valence-corrected chi connectivity index (χ1v) is 6.14. The Labute approximate surface area is 105 Å². The minimum atomic E-state index is 0.637. The lowest BCUT2D eigenvalue weighted by atomic mass is 9.92. The van der Waals surface area contributed by atoms with Crippen LogP contribution in [0.1, 0.15) is 39.7 Å². The van der Waals surface area contributed by atoms with E-state index >= 15 is 0 Å². The van der Waals surface area contributed by atoms with E-state index in [1.165, 1.54) is 16.7 Å². The number of anilines is 1. The molecule has 1 nitrogen and oxygen atoms in total. The van der Waals surface area contributed by atoms with E-state index in [-0.39, 0.29) is 0 Å². The molecule has 1 rings (SSSR count). The molecule has 0 radical (unpaired) electrons. The fourth-order valence-corrected chi connectivity index (χ4v) is 1.95. The van der Waals surface area contributed by atoms with Gasteiger partial charge in [-0.1, -0.05) is 44.2 Å². The van der Waals surface area contributed by atoms with Gasteiger partial charge < -0.3 is 5.73 Å². The Morgan fingerprint density at radius 2 is 1.82 bits per heavy atom. The molecule has 1 aromatic rings. The van der Waals surface area contributed by atoms with Crippen molar-refractivity contribution < 1.29 is 0 Å². The van der Waals surface area contributed by atoms with Crippen LogP contribution in [0.25, 0.3) is 5.57 Å². The van der Waals surface area contributed by atoms with Gasteiger partial charge in [0, 0.05) is 11.3 Å². The van der Waals surface area contributed by atoms with E-state index in [2.05, 4.69) is 40.3 Å². The van der Waals surface area contributed by atoms with Crippen LogP contribution in [-0.2, 0) is 0 Å². The zero-order chi connectivity index (χ0) is 13.0. The lowest BCUT2D eigenvalue weighted by Gasteiger charge is -2.14. The number of hydrogen-bond donors (Lipinski definition) is 1. The molecule has 0 fully saturated rings. The zero-order valence-electron chi connectivity index (χ0n) is 11.4. The molecule has 0 saturated carbocycles. The third-order valence-electron chi connectivity index (χ3n) is 3.11. The van der Waals surface area contributed by atoms with Crippen molar-refractivity contribution in [3.63, 3.8) is 0 Å². The average molecular weight is 229 g/mol. The quantitative estimate of drug-likeness (QED) is 0.589. The van der Waals surface area contributed by atoms with Crippen LogP contribution in [-0.4, -0.2) is 0 Å². The molecule has 0 amide bonds. The number of rotatable bonds is 4. The van der Waals surface area contributed by atoms with E-state index in [0.29, 0.717) is 5.92 Å². The summed E-state index contributed by atoms with van der Waals surface area (Å²) in [6.07, 6.45) is 1.04. The van der Waals surface area contributed by atoms with E-state index in [1.54, 1.807) is 0 Å². The second kappa shape index (κ2) is 5.72. The number of hydrogen-bond acceptors (Lipinski definition) is 1. The second-order valence-electron chi connectivity index (χ2n) is 5.04. The number of nitrogens with two attached hydrogens (primary N) is 1. The minimum Gasteiger partial charge on any atom is -0.398 e. The predicted octanol–water partition coefficient (Wildman–Crippen LogP) is 4.66. The Bertz CT molecular complexity index is 439. The van der Waals surface area contributed by atoms with Crippen molar-refractivity contribution in [3.8, 4) is 0 Å². The highest BCUT2D eigenvalue weighted by Crippen LogP contribution is 2.28. The number of nitrogen functional groups attached to an aromatic ring is 1. The van der Waals surface area contributed by atoms with Crippen molar-refractivity contribution in [2.24, 2.45) is 5.92 Å². The Morgan fingerprint density at radius 1 is 1.24 bits per heavy atom. The van der Waals surface area contributed by atoms with Crippen molar-refractivity contribution in [3.05, 3.63) is 47.6 Å². The van der Waals surface area contributed by atoms with Crippen LogP contribution in [0, 0.1) is 5.92 Å². The molecule has 0 aliphatic heterocycles. The molecule has 0 unspecified atom stereocenters. The van der Waals surface area contributed by atoms with Crippen LogP contribution in [0.15, 0.2) is 42.0 Å². The van der Waals surface area contributed by atoms with E-state index < -0.39 is 0 Å². The summed E-state index contributed by atoms with van der Waals surface area (Å²) in [5, 5.41) is 0. The molecule has 92 valence electrons. The lowest BCUT2D eigenvalue weighted by Crippen LogP contribution is -1.97. The van der Waals surface area contributed by atoms with Crippen molar-refractivity contribution >= 4 is 11.3 Å². The maximum absolute atomic E-state index is 6.00. The van der Waals surface area contributed by atoms with Crippen LogP contribution in [0.4, 0.5) is 5.69 Å². The fraction of sp³-hybridized carbons (Fsp3) is 0.375. The van der Waals surface area contributed by atoms with Crippen molar-refractivity contribution in [1.29, 1.82) is 0 Å². The summed E-state index contributed by atoms with van der Waals surface area (Å²) in [4.78, 5) is 0. The number of para-hydroxylation sites is 1. The van der Waals surface area contributed by atoms with Gasteiger partial charge in [-0.25, -0.2) is 0 Å². The Kier molecular flexibility index (Phi) is 4.56. The summed E-state index contributed by atoms with van der Waals surface area (Å²) < 4.78 is 0. The molecule has 0 aliphatic carbocycles. The SMILES string of the molecule is C=C(CC(C)C)/C(C)=C(/C)c1ccccc1N. The van der Waals surface area contributed by atoms with E-state index in [4.69, 9.17) is 5.73 Å². The third-order valence-corrected chi connectivity index (χ3v) is 3.11. The molecule has 0 aliphatic rings. The first-order chi connectivity index (χ1) is 7.93.